The topological polar surface area (TPSA) is 51.2 Å². The van der Waals surface area contributed by atoms with E-state index in [-0.39, 0.29) is 15.6 Å². The Kier molecular flexibility index (Phi) is 5.08. The molecule has 0 bridgehead atoms. The minimum atomic E-state index is -2.48. The highest BCUT2D eigenvalue weighted by molar-refractivity contribution is 7.18. The van der Waals surface area contributed by atoms with Crippen molar-refractivity contribution in [1.29, 1.82) is 0 Å². The van der Waals surface area contributed by atoms with Crippen LogP contribution in [-0.4, -0.2) is 18.1 Å². The van der Waals surface area contributed by atoms with Gasteiger partial charge in [-0.2, -0.15) is 0 Å². The molecule has 1 heterocycles. The van der Waals surface area contributed by atoms with Crippen molar-refractivity contribution in [2.24, 2.45) is 0 Å². The molecule has 0 aliphatic heterocycles. The second-order valence-electron chi connectivity index (χ2n) is 4.03. The maximum atomic E-state index is 12.4. The monoisotopic (exact) mass is 332 g/mol. The molecule has 0 spiro atoms. The number of esters is 1. The zero-order valence-corrected chi connectivity index (χ0v) is 12.5. The molecule has 0 atom stereocenters. The summed E-state index contributed by atoms with van der Waals surface area (Å²) < 4.78 is 29.4. The van der Waals surface area contributed by atoms with Crippen LogP contribution in [0.3, 0.4) is 0 Å². The van der Waals surface area contributed by atoms with Gasteiger partial charge in [-0.15, -0.1) is 0 Å². The molecule has 0 aliphatic carbocycles. The lowest BCUT2D eigenvalue weighted by Gasteiger charge is -2.04. The van der Waals surface area contributed by atoms with Gasteiger partial charge in [0.25, 0.3) is 6.43 Å². The van der Waals surface area contributed by atoms with Gasteiger partial charge in [0.15, 0.2) is 15.2 Å². The molecular formula is C13H11ClF2N2O2S. The smallest absolute Gasteiger partial charge is 0.351 e. The van der Waals surface area contributed by atoms with Crippen LogP contribution in [0, 0.1) is 0 Å². The fourth-order valence-corrected chi connectivity index (χ4v) is 2.65. The Hall–Kier alpha value is -1.73. The van der Waals surface area contributed by atoms with E-state index in [1.165, 1.54) is 19.2 Å². The largest absolute Gasteiger partial charge is 0.465 e. The maximum absolute atomic E-state index is 12.4. The Balaban J connectivity index is 2.01. The minimum absolute atomic E-state index is 0.0241. The molecule has 4 nitrogen and oxygen atoms in total. The summed E-state index contributed by atoms with van der Waals surface area (Å²) in [6.07, 6.45) is -2.48. The van der Waals surface area contributed by atoms with Crippen molar-refractivity contribution in [3.05, 3.63) is 45.4 Å². The number of benzene rings is 1. The minimum Gasteiger partial charge on any atom is -0.465 e. The van der Waals surface area contributed by atoms with E-state index in [0.717, 1.165) is 16.9 Å². The highest BCUT2D eigenvalue weighted by Gasteiger charge is 2.17. The molecule has 0 amide bonds. The zero-order valence-electron chi connectivity index (χ0n) is 10.9. The number of alkyl halides is 2. The predicted octanol–water partition coefficient (Wildman–Crippen LogP) is 4.13. The number of rotatable bonds is 5. The molecule has 0 saturated heterocycles. The molecule has 0 unspecified atom stereocenters. The van der Waals surface area contributed by atoms with Gasteiger partial charge in [0.1, 0.15) is 0 Å². The maximum Gasteiger partial charge on any atom is 0.351 e. The third-order valence-corrected chi connectivity index (χ3v) is 4.01. The second kappa shape index (κ2) is 6.82. The molecule has 0 aliphatic rings. The molecule has 0 saturated carbocycles. The number of hydrogen-bond donors (Lipinski definition) is 1. The Morgan fingerprint density at radius 3 is 2.67 bits per heavy atom. The summed E-state index contributed by atoms with van der Waals surface area (Å²) in [4.78, 5) is 15.6. The van der Waals surface area contributed by atoms with Crippen LogP contribution in [0.4, 0.5) is 13.9 Å². The molecule has 0 fully saturated rings. The van der Waals surface area contributed by atoms with Crippen molar-refractivity contribution in [1.82, 2.24) is 4.98 Å². The highest BCUT2D eigenvalue weighted by atomic mass is 35.5. The van der Waals surface area contributed by atoms with E-state index in [2.05, 4.69) is 15.0 Å². The van der Waals surface area contributed by atoms with Crippen LogP contribution >= 0.6 is 22.9 Å². The van der Waals surface area contributed by atoms with Gasteiger partial charge in [-0.25, -0.2) is 18.6 Å². The predicted molar refractivity (Wildman–Crippen MR) is 77.2 cm³/mol. The number of halogens is 3. The Morgan fingerprint density at radius 1 is 1.43 bits per heavy atom. The first-order valence-corrected chi connectivity index (χ1v) is 7.06. The fourth-order valence-electron chi connectivity index (χ4n) is 1.55. The van der Waals surface area contributed by atoms with Crippen LogP contribution in [0.15, 0.2) is 24.3 Å². The SMILES string of the molecule is COC(=O)c1sc(NCc2ccc(C(F)F)cc2)nc1Cl. The number of nitrogens with one attached hydrogen (secondary N) is 1. The zero-order chi connectivity index (χ0) is 15.4. The van der Waals surface area contributed by atoms with E-state index in [9.17, 15) is 13.6 Å². The number of thiazole rings is 1. The van der Waals surface area contributed by atoms with Gasteiger partial charge in [0, 0.05) is 12.1 Å². The van der Waals surface area contributed by atoms with Crippen LogP contribution in [0.2, 0.25) is 5.15 Å². The second-order valence-corrected chi connectivity index (χ2v) is 5.38. The van der Waals surface area contributed by atoms with Crippen LogP contribution < -0.4 is 5.32 Å². The van der Waals surface area contributed by atoms with E-state index >= 15 is 0 Å². The number of ether oxygens (including phenoxy) is 1. The number of methoxy groups -OCH3 is 1. The van der Waals surface area contributed by atoms with Crippen molar-refractivity contribution in [3.8, 4) is 0 Å². The summed E-state index contributed by atoms with van der Waals surface area (Å²) in [5.41, 5.74) is 0.786. The van der Waals surface area contributed by atoms with Gasteiger partial charge < -0.3 is 10.1 Å². The molecule has 1 aromatic heterocycles. The average Bonchev–Trinajstić information content (AvgIpc) is 2.86. The third kappa shape index (κ3) is 3.89. The lowest BCUT2D eigenvalue weighted by molar-refractivity contribution is 0.0606. The van der Waals surface area contributed by atoms with Crippen LogP contribution in [0.1, 0.15) is 27.2 Å². The van der Waals surface area contributed by atoms with Crippen molar-refractivity contribution < 1.29 is 18.3 Å². The Morgan fingerprint density at radius 2 is 2.10 bits per heavy atom. The Labute approximate surface area is 128 Å². The first-order chi connectivity index (χ1) is 10.0. The van der Waals surface area contributed by atoms with Gasteiger partial charge >= 0.3 is 5.97 Å². The quantitative estimate of drug-likeness (QED) is 0.836. The van der Waals surface area contributed by atoms with Crippen LogP contribution in [-0.2, 0) is 11.3 Å². The third-order valence-electron chi connectivity index (χ3n) is 2.63. The Bertz CT molecular complexity index is 632. The van der Waals surface area contributed by atoms with Gasteiger partial charge in [-0.3, -0.25) is 0 Å². The number of nitrogens with zero attached hydrogens (tertiary/aromatic N) is 1. The standard InChI is InChI=1S/C13H11ClF2N2O2S/c1-20-12(19)9-10(14)18-13(21-9)17-6-7-2-4-8(5-3-7)11(15)16/h2-5,11H,6H2,1H3,(H,17,18). The lowest BCUT2D eigenvalue weighted by Crippen LogP contribution is -1.99. The van der Waals surface area contributed by atoms with E-state index in [4.69, 9.17) is 11.6 Å². The molecule has 1 N–H and O–H groups in total. The van der Waals surface area contributed by atoms with Gasteiger partial charge in [0.05, 0.1) is 7.11 Å². The summed E-state index contributed by atoms with van der Waals surface area (Å²) in [5, 5.41) is 3.51. The van der Waals surface area contributed by atoms with Crippen molar-refractivity contribution in [2.45, 2.75) is 13.0 Å². The van der Waals surface area contributed by atoms with E-state index in [1.54, 1.807) is 12.1 Å². The van der Waals surface area contributed by atoms with Crippen LogP contribution in [0.25, 0.3) is 0 Å². The number of carbonyl (C=O) groups excluding carboxylic acids is 1. The van der Waals surface area contributed by atoms with E-state index in [0.29, 0.717) is 11.7 Å². The number of anilines is 1. The summed E-state index contributed by atoms with van der Waals surface area (Å²) in [6.45, 7) is 0.383. The first-order valence-electron chi connectivity index (χ1n) is 5.86. The van der Waals surface area contributed by atoms with Gasteiger partial charge in [-0.1, -0.05) is 47.2 Å². The highest BCUT2D eigenvalue weighted by Crippen LogP contribution is 2.28. The van der Waals surface area contributed by atoms with Crippen LogP contribution in [0.5, 0.6) is 0 Å². The fraction of sp³-hybridized carbons (Fsp3) is 0.231. The molecule has 1 aromatic carbocycles. The van der Waals surface area contributed by atoms with E-state index < -0.39 is 12.4 Å². The molecule has 2 rings (SSSR count). The van der Waals surface area contributed by atoms with Crippen molar-refractivity contribution in [3.63, 3.8) is 0 Å². The molecular weight excluding hydrogens is 322 g/mol. The summed E-state index contributed by atoms with van der Waals surface area (Å²) >= 11 is 6.90. The summed E-state index contributed by atoms with van der Waals surface area (Å²) in [7, 11) is 1.26. The van der Waals surface area contributed by atoms with Crippen molar-refractivity contribution in [2.75, 3.05) is 12.4 Å². The molecule has 2 aromatic rings. The summed E-state index contributed by atoms with van der Waals surface area (Å²) in [5.74, 6) is -0.549. The van der Waals surface area contributed by atoms with Gasteiger partial charge in [-0.05, 0) is 5.56 Å². The summed E-state index contributed by atoms with van der Waals surface area (Å²) in [6, 6.07) is 5.95. The molecule has 112 valence electrons. The normalized spacial score (nSPS) is 10.7. The van der Waals surface area contributed by atoms with E-state index in [1.807, 2.05) is 0 Å². The molecule has 0 radical (unpaired) electrons. The molecule has 8 heteroatoms. The number of carbonyl (C=O) groups is 1. The average molecular weight is 333 g/mol. The first kappa shape index (κ1) is 15.7. The van der Waals surface area contributed by atoms with Gasteiger partial charge in [0.2, 0.25) is 0 Å². The number of hydrogen-bond acceptors (Lipinski definition) is 5. The van der Waals surface area contributed by atoms with Crippen molar-refractivity contribution >= 4 is 34.0 Å². The molecule has 21 heavy (non-hydrogen) atoms. The number of aromatic nitrogens is 1. The lowest BCUT2D eigenvalue weighted by atomic mass is 10.1.